The Morgan fingerprint density at radius 1 is 1.32 bits per heavy atom. The number of anilines is 1. The van der Waals surface area contributed by atoms with E-state index in [-0.39, 0.29) is 10.3 Å². The number of urea groups is 1. The molecule has 2 aliphatic carbocycles. The number of benzene rings is 1. The Labute approximate surface area is 182 Å². The second-order valence-electron chi connectivity index (χ2n) is 9.91. The Kier molecular flexibility index (Phi) is 4.67. The third-order valence-electron chi connectivity index (χ3n) is 6.42. The Morgan fingerprint density at radius 2 is 2.13 bits per heavy atom. The first-order chi connectivity index (χ1) is 14.6. The number of carbonyl (C=O) groups excluding carboxylic acids is 1. The molecule has 31 heavy (non-hydrogen) atoms. The van der Waals surface area contributed by atoms with Crippen molar-refractivity contribution in [3.05, 3.63) is 34.5 Å². The standard InChI is InChI=1S/C22H29N5O3S/c1-13-7-15-9-14-5-4-6-16(14)19(17(15)8-13)25-21(28)26-31(23,29)18-10-24-27-11-22(2,3)12-30-20(18)27/h9-10,13H,4-8,11-12H2,1-3H3,(H3,23,25,26,28,29)/t13-,31+/m0/s1. The van der Waals surface area contributed by atoms with E-state index in [0.717, 1.165) is 37.8 Å². The highest BCUT2D eigenvalue weighted by molar-refractivity contribution is 7.91. The molecule has 1 aromatic carbocycles. The van der Waals surface area contributed by atoms with E-state index in [0.29, 0.717) is 24.9 Å². The molecule has 3 aliphatic rings. The maximum atomic E-state index is 13.2. The molecule has 0 unspecified atom stereocenters. The number of aromatic nitrogens is 2. The number of hydrogen-bond donors (Lipinski definition) is 2. The number of amides is 2. The molecule has 1 aromatic heterocycles. The molecule has 3 N–H and O–H groups in total. The molecule has 0 spiro atoms. The highest BCUT2D eigenvalue weighted by Crippen LogP contribution is 2.40. The minimum atomic E-state index is -3.50. The summed E-state index contributed by atoms with van der Waals surface area (Å²) in [6.45, 7) is 7.41. The molecular formula is C22H29N5O3S. The van der Waals surface area contributed by atoms with Gasteiger partial charge in [0.15, 0.2) is 9.92 Å². The minimum absolute atomic E-state index is 0.0918. The van der Waals surface area contributed by atoms with Gasteiger partial charge in [0.1, 0.15) is 4.90 Å². The number of aryl methyl sites for hydroxylation is 1. The van der Waals surface area contributed by atoms with Gasteiger partial charge in [-0.1, -0.05) is 26.8 Å². The fraction of sp³-hybridized carbons (Fsp3) is 0.545. The molecule has 5 rings (SSSR count). The smallest absolute Gasteiger partial charge is 0.354 e. The maximum Gasteiger partial charge on any atom is 0.354 e. The van der Waals surface area contributed by atoms with Crippen molar-refractivity contribution in [3.63, 3.8) is 0 Å². The first-order valence-corrected chi connectivity index (χ1v) is 12.4. The van der Waals surface area contributed by atoms with Crippen molar-refractivity contribution < 1.29 is 13.7 Å². The highest BCUT2D eigenvalue weighted by atomic mass is 32.2. The molecule has 2 atom stereocenters. The number of nitrogens with zero attached hydrogens (tertiary/aromatic N) is 3. The van der Waals surface area contributed by atoms with E-state index in [9.17, 15) is 9.00 Å². The van der Waals surface area contributed by atoms with E-state index in [4.69, 9.17) is 9.88 Å². The van der Waals surface area contributed by atoms with Gasteiger partial charge in [0.05, 0.1) is 19.3 Å². The van der Waals surface area contributed by atoms with Gasteiger partial charge in [-0.15, -0.1) is 4.36 Å². The summed E-state index contributed by atoms with van der Waals surface area (Å²) in [5.74, 6) is 0.878. The molecule has 2 amide bonds. The van der Waals surface area contributed by atoms with Gasteiger partial charge < -0.3 is 10.1 Å². The highest BCUT2D eigenvalue weighted by Gasteiger charge is 2.32. The van der Waals surface area contributed by atoms with Gasteiger partial charge in [-0.25, -0.2) is 18.8 Å². The fourth-order valence-electron chi connectivity index (χ4n) is 5.05. The van der Waals surface area contributed by atoms with Gasteiger partial charge in [0.25, 0.3) is 0 Å². The molecule has 0 saturated heterocycles. The van der Waals surface area contributed by atoms with Crippen LogP contribution in [0.2, 0.25) is 0 Å². The van der Waals surface area contributed by atoms with Crippen LogP contribution in [-0.2, 0) is 42.1 Å². The van der Waals surface area contributed by atoms with Gasteiger partial charge in [-0.05, 0) is 60.3 Å². The van der Waals surface area contributed by atoms with Crippen LogP contribution in [0.5, 0.6) is 5.88 Å². The lowest BCUT2D eigenvalue weighted by Crippen LogP contribution is -2.33. The molecule has 166 valence electrons. The number of ether oxygens (including phenoxy) is 1. The number of carbonyl (C=O) groups is 1. The quantitative estimate of drug-likeness (QED) is 0.740. The Hall–Kier alpha value is -2.39. The van der Waals surface area contributed by atoms with Gasteiger partial charge in [0, 0.05) is 11.1 Å². The van der Waals surface area contributed by atoms with E-state index >= 15 is 0 Å². The molecule has 0 fully saturated rings. The van der Waals surface area contributed by atoms with Crippen LogP contribution < -0.4 is 15.2 Å². The molecule has 1 aliphatic heterocycles. The normalized spacial score (nSPS) is 22.6. The van der Waals surface area contributed by atoms with E-state index in [1.54, 1.807) is 4.68 Å². The number of nitrogens with one attached hydrogen (secondary N) is 1. The molecule has 2 heterocycles. The lowest BCUT2D eigenvalue weighted by atomic mass is 9.94. The monoisotopic (exact) mass is 443 g/mol. The summed E-state index contributed by atoms with van der Waals surface area (Å²) in [5, 5.41) is 13.2. The largest absolute Gasteiger partial charge is 0.476 e. The van der Waals surface area contributed by atoms with Crippen molar-refractivity contribution in [1.29, 1.82) is 0 Å². The maximum absolute atomic E-state index is 13.2. The van der Waals surface area contributed by atoms with Crippen LogP contribution in [0.15, 0.2) is 21.5 Å². The Bertz CT molecular complexity index is 1210. The zero-order chi connectivity index (χ0) is 22.0. The van der Waals surface area contributed by atoms with Crippen molar-refractivity contribution in [2.75, 3.05) is 11.9 Å². The van der Waals surface area contributed by atoms with E-state index < -0.39 is 15.9 Å². The van der Waals surface area contributed by atoms with Crippen LogP contribution in [-0.4, -0.2) is 26.6 Å². The van der Waals surface area contributed by atoms with Crippen LogP contribution in [0.25, 0.3) is 0 Å². The number of fused-ring (bicyclic) bond motifs is 3. The number of nitrogens with two attached hydrogens (primary N) is 1. The zero-order valence-electron chi connectivity index (χ0n) is 18.2. The van der Waals surface area contributed by atoms with E-state index in [1.165, 1.54) is 28.5 Å². The summed E-state index contributed by atoms with van der Waals surface area (Å²) in [7, 11) is -3.50. The summed E-state index contributed by atoms with van der Waals surface area (Å²) in [6.07, 6.45) is 6.39. The van der Waals surface area contributed by atoms with Crippen LogP contribution in [0, 0.1) is 11.3 Å². The first kappa shape index (κ1) is 20.5. The topological polar surface area (TPSA) is 112 Å². The number of hydrogen-bond acceptors (Lipinski definition) is 4. The van der Waals surface area contributed by atoms with Crippen molar-refractivity contribution in [2.45, 2.75) is 64.3 Å². The average Bonchev–Trinajstić information content (AvgIpc) is 3.37. The van der Waals surface area contributed by atoms with Crippen molar-refractivity contribution >= 4 is 21.6 Å². The lowest BCUT2D eigenvalue weighted by molar-refractivity contribution is 0.0972. The minimum Gasteiger partial charge on any atom is -0.476 e. The predicted molar refractivity (Wildman–Crippen MR) is 119 cm³/mol. The summed E-state index contributed by atoms with van der Waals surface area (Å²) in [5.41, 5.74) is 5.75. The first-order valence-electron chi connectivity index (χ1n) is 10.8. The van der Waals surface area contributed by atoms with Crippen LogP contribution in [0.4, 0.5) is 10.5 Å². The van der Waals surface area contributed by atoms with Crippen molar-refractivity contribution in [2.24, 2.45) is 20.8 Å². The molecule has 2 aromatic rings. The van der Waals surface area contributed by atoms with Crippen LogP contribution in [0.3, 0.4) is 0 Å². The van der Waals surface area contributed by atoms with Crippen LogP contribution >= 0.6 is 0 Å². The summed E-state index contributed by atoms with van der Waals surface area (Å²) in [4.78, 5) is 13.0. The third-order valence-corrected chi connectivity index (χ3v) is 7.77. The predicted octanol–water partition coefficient (Wildman–Crippen LogP) is 3.46. The molecule has 9 heteroatoms. The van der Waals surface area contributed by atoms with E-state index in [2.05, 4.69) is 41.6 Å². The zero-order valence-corrected chi connectivity index (χ0v) is 19.1. The lowest BCUT2D eigenvalue weighted by Gasteiger charge is -2.30. The molecule has 0 saturated carbocycles. The summed E-state index contributed by atoms with van der Waals surface area (Å²) >= 11 is 0. The Balaban J connectivity index is 1.47. The molecule has 0 bridgehead atoms. The van der Waals surface area contributed by atoms with Gasteiger partial charge in [-0.3, -0.25) is 0 Å². The molecule has 0 radical (unpaired) electrons. The van der Waals surface area contributed by atoms with Crippen molar-refractivity contribution in [3.8, 4) is 5.88 Å². The second-order valence-corrected chi connectivity index (χ2v) is 11.7. The molecular weight excluding hydrogens is 414 g/mol. The van der Waals surface area contributed by atoms with Crippen molar-refractivity contribution in [1.82, 2.24) is 9.78 Å². The number of rotatable bonds is 2. The fourth-order valence-corrected chi connectivity index (χ4v) is 6.05. The van der Waals surface area contributed by atoms with Gasteiger partial charge in [-0.2, -0.15) is 5.10 Å². The van der Waals surface area contributed by atoms with Gasteiger partial charge in [0.2, 0.25) is 5.88 Å². The SMILES string of the molecule is C[C@H]1Cc2cc3c(c(NC(=O)N=[S@@](N)(=O)c4cnn5c4OCC(C)(C)C5)c2C1)CCC3. The van der Waals surface area contributed by atoms with Gasteiger partial charge >= 0.3 is 6.03 Å². The Morgan fingerprint density at radius 3 is 2.94 bits per heavy atom. The third kappa shape index (κ3) is 3.63. The van der Waals surface area contributed by atoms with Crippen LogP contribution in [0.1, 0.15) is 49.4 Å². The van der Waals surface area contributed by atoms with E-state index in [1.807, 2.05) is 0 Å². The summed E-state index contributed by atoms with van der Waals surface area (Å²) in [6, 6.07) is 1.61. The second kappa shape index (κ2) is 7.06. The average molecular weight is 444 g/mol. The molecule has 8 nitrogen and oxygen atoms in total. The summed E-state index contributed by atoms with van der Waals surface area (Å²) < 4.78 is 24.5.